The first-order valence-electron chi connectivity index (χ1n) is 4.81. The lowest BCUT2D eigenvalue weighted by atomic mass is 10.0. The van der Waals surface area contributed by atoms with Crippen LogP contribution in [0.5, 0.6) is 0 Å². The number of hydrogen-bond acceptors (Lipinski definition) is 1. The van der Waals surface area contributed by atoms with E-state index in [-0.39, 0.29) is 12.4 Å². The topological polar surface area (TPSA) is 12.0 Å². The van der Waals surface area contributed by atoms with Gasteiger partial charge in [0.05, 0.1) is 0 Å². The van der Waals surface area contributed by atoms with E-state index in [4.69, 9.17) is 0 Å². The van der Waals surface area contributed by atoms with Gasteiger partial charge >= 0.3 is 0 Å². The summed E-state index contributed by atoms with van der Waals surface area (Å²) in [6.07, 6.45) is 1.24. The Labute approximate surface area is 83.7 Å². The van der Waals surface area contributed by atoms with E-state index in [0.29, 0.717) is 6.04 Å². The molecule has 0 rings (SSSR count). The van der Waals surface area contributed by atoms with Crippen LogP contribution < -0.4 is 5.32 Å². The van der Waals surface area contributed by atoms with E-state index in [1.165, 1.54) is 6.42 Å². The fourth-order valence-electron chi connectivity index (χ4n) is 1.24. The molecule has 0 spiro atoms. The van der Waals surface area contributed by atoms with Crippen molar-refractivity contribution in [1.82, 2.24) is 5.32 Å². The second kappa shape index (κ2) is 7.88. The fourth-order valence-corrected chi connectivity index (χ4v) is 1.24. The van der Waals surface area contributed by atoms with Gasteiger partial charge in [-0.05, 0) is 24.8 Å². The molecule has 76 valence electrons. The standard InChI is InChI=1S/C10H23N.ClH/c1-6-10(9(4)5)11-7-8(2)3;/h8-11H,6-7H2,1-5H3;1H. The van der Waals surface area contributed by atoms with Gasteiger partial charge in [-0.15, -0.1) is 12.4 Å². The molecule has 0 bridgehead atoms. The van der Waals surface area contributed by atoms with Crippen LogP contribution in [-0.4, -0.2) is 12.6 Å². The van der Waals surface area contributed by atoms with Crippen LogP contribution >= 0.6 is 12.4 Å². The molecule has 1 unspecified atom stereocenters. The molecular formula is C10H24ClN. The molecule has 0 saturated heterocycles. The number of halogens is 1. The molecule has 0 fully saturated rings. The van der Waals surface area contributed by atoms with Crippen molar-refractivity contribution in [1.29, 1.82) is 0 Å². The first-order chi connectivity index (χ1) is 5.07. The quantitative estimate of drug-likeness (QED) is 0.708. The molecule has 0 heterocycles. The normalized spacial score (nSPS) is 13.2. The maximum Gasteiger partial charge on any atom is 0.00875 e. The van der Waals surface area contributed by atoms with Gasteiger partial charge in [0.25, 0.3) is 0 Å². The van der Waals surface area contributed by atoms with E-state index in [2.05, 4.69) is 39.9 Å². The Kier molecular flexibility index (Phi) is 9.69. The van der Waals surface area contributed by atoms with Gasteiger partial charge in [-0.3, -0.25) is 0 Å². The van der Waals surface area contributed by atoms with Crippen molar-refractivity contribution in [2.24, 2.45) is 11.8 Å². The van der Waals surface area contributed by atoms with Crippen LogP contribution in [0.2, 0.25) is 0 Å². The number of hydrogen-bond donors (Lipinski definition) is 1. The van der Waals surface area contributed by atoms with Gasteiger partial charge < -0.3 is 5.32 Å². The minimum Gasteiger partial charge on any atom is -0.313 e. The summed E-state index contributed by atoms with van der Waals surface area (Å²) < 4.78 is 0. The molecule has 0 aliphatic heterocycles. The Morgan fingerprint density at radius 3 is 1.83 bits per heavy atom. The summed E-state index contributed by atoms with van der Waals surface area (Å²) in [5, 5.41) is 3.57. The Balaban J connectivity index is 0. The van der Waals surface area contributed by atoms with Crippen molar-refractivity contribution in [3.05, 3.63) is 0 Å². The molecule has 1 N–H and O–H groups in total. The van der Waals surface area contributed by atoms with Crippen LogP contribution in [0.15, 0.2) is 0 Å². The molecule has 12 heavy (non-hydrogen) atoms. The molecule has 0 aromatic heterocycles. The highest BCUT2D eigenvalue weighted by Gasteiger charge is 2.09. The molecule has 2 heteroatoms. The summed E-state index contributed by atoms with van der Waals surface area (Å²) >= 11 is 0. The minimum absolute atomic E-state index is 0. The molecule has 0 radical (unpaired) electrons. The molecule has 0 aliphatic carbocycles. The first kappa shape index (κ1) is 14.8. The summed E-state index contributed by atoms with van der Waals surface area (Å²) in [6, 6.07) is 0.706. The smallest absolute Gasteiger partial charge is 0.00875 e. The largest absolute Gasteiger partial charge is 0.313 e. The molecule has 0 aliphatic rings. The van der Waals surface area contributed by atoms with Crippen LogP contribution in [0, 0.1) is 11.8 Å². The number of nitrogens with one attached hydrogen (secondary N) is 1. The van der Waals surface area contributed by atoms with E-state index in [1.54, 1.807) is 0 Å². The lowest BCUT2D eigenvalue weighted by Gasteiger charge is -2.21. The average molecular weight is 194 g/mol. The first-order valence-corrected chi connectivity index (χ1v) is 4.81. The summed E-state index contributed by atoms with van der Waals surface area (Å²) in [5.41, 5.74) is 0. The molecule has 1 atom stereocenters. The molecule has 0 saturated carbocycles. The second-order valence-corrected chi connectivity index (χ2v) is 4.06. The van der Waals surface area contributed by atoms with Crippen molar-refractivity contribution >= 4 is 12.4 Å². The lowest BCUT2D eigenvalue weighted by molar-refractivity contribution is 0.369. The third kappa shape index (κ3) is 6.93. The second-order valence-electron chi connectivity index (χ2n) is 4.06. The highest BCUT2D eigenvalue weighted by atomic mass is 35.5. The predicted octanol–water partition coefficient (Wildman–Crippen LogP) is 3.09. The zero-order chi connectivity index (χ0) is 8.85. The number of rotatable bonds is 5. The maximum absolute atomic E-state index is 3.57. The molecule has 0 aromatic rings. The highest BCUT2D eigenvalue weighted by molar-refractivity contribution is 5.85. The maximum atomic E-state index is 3.57. The summed E-state index contributed by atoms with van der Waals surface area (Å²) in [6.45, 7) is 12.5. The zero-order valence-corrected chi connectivity index (χ0v) is 9.87. The fraction of sp³-hybridized carbons (Fsp3) is 1.00. The van der Waals surface area contributed by atoms with Gasteiger partial charge in [0, 0.05) is 6.04 Å². The summed E-state index contributed by atoms with van der Waals surface area (Å²) in [5.74, 6) is 1.53. The van der Waals surface area contributed by atoms with Crippen LogP contribution in [0.25, 0.3) is 0 Å². The zero-order valence-electron chi connectivity index (χ0n) is 9.05. The van der Waals surface area contributed by atoms with Crippen molar-refractivity contribution in [3.63, 3.8) is 0 Å². The van der Waals surface area contributed by atoms with Crippen molar-refractivity contribution in [3.8, 4) is 0 Å². The van der Waals surface area contributed by atoms with Crippen LogP contribution in [0.3, 0.4) is 0 Å². The van der Waals surface area contributed by atoms with Gasteiger partial charge in [0.15, 0.2) is 0 Å². The van der Waals surface area contributed by atoms with E-state index in [0.717, 1.165) is 18.4 Å². The van der Waals surface area contributed by atoms with E-state index in [9.17, 15) is 0 Å². The van der Waals surface area contributed by atoms with Crippen LogP contribution in [0.1, 0.15) is 41.0 Å². The molecule has 0 aromatic carbocycles. The molecule has 1 nitrogen and oxygen atoms in total. The monoisotopic (exact) mass is 193 g/mol. The predicted molar refractivity (Wildman–Crippen MR) is 59.0 cm³/mol. The van der Waals surface area contributed by atoms with Gasteiger partial charge in [-0.2, -0.15) is 0 Å². The Morgan fingerprint density at radius 1 is 1.08 bits per heavy atom. The van der Waals surface area contributed by atoms with Crippen molar-refractivity contribution in [2.45, 2.75) is 47.1 Å². The van der Waals surface area contributed by atoms with Gasteiger partial charge in [0.1, 0.15) is 0 Å². The lowest BCUT2D eigenvalue weighted by Crippen LogP contribution is -2.35. The third-order valence-corrected chi connectivity index (χ3v) is 2.03. The molecular weight excluding hydrogens is 170 g/mol. The van der Waals surface area contributed by atoms with Gasteiger partial charge in [-0.1, -0.05) is 34.6 Å². The minimum atomic E-state index is 0. The Morgan fingerprint density at radius 2 is 1.58 bits per heavy atom. The van der Waals surface area contributed by atoms with Gasteiger partial charge in [0.2, 0.25) is 0 Å². The van der Waals surface area contributed by atoms with Crippen molar-refractivity contribution in [2.75, 3.05) is 6.54 Å². The SMILES string of the molecule is CCC(NCC(C)C)C(C)C.Cl. The third-order valence-electron chi connectivity index (χ3n) is 2.03. The van der Waals surface area contributed by atoms with Crippen LogP contribution in [0.4, 0.5) is 0 Å². The average Bonchev–Trinajstić information content (AvgIpc) is 1.87. The highest BCUT2D eigenvalue weighted by Crippen LogP contribution is 2.05. The van der Waals surface area contributed by atoms with Gasteiger partial charge in [-0.25, -0.2) is 0 Å². The molecule has 0 amide bonds. The summed E-state index contributed by atoms with van der Waals surface area (Å²) in [7, 11) is 0. The Bertz CT molecular complexity index is 91.8. The van der Waals surface area contributed by atoms with E-state index < -0.39 is 0 Å². The Hall–Kier alpha value is 0.250. The van der Waals surface area contributed by atoms with Crippen molar-refractivity contribution < 1.29 is 0 Å². The van der Waals surface area contributed by atoms with E-state index in [1.807, 2.05) is 0 Å². The van der Waals surface area contributed by atoms with E-state index >= 15 is 0 Å². The van der Waals surface area contributed by atoms with Crippen LogP contribution in [-0.2, 0) is 0 Å². The summed E-state index contributed by atoms with van der Waals surface area (Å²) in [4.78, 5) is 0.